The van der Waals surface area contributed by atoms with Crippen molar-refractivity contribution in [3.05, 3.63) is 11.9 Å². The van der Waals surface area contributed by atoms with Gasteiger partial charge in [-0.3, -0.25) is 9.48 Å². The third-order valence-corrected chi connectivity index (χ3v) is 3.89. The number of nitrogens with one attached hydrogen (secondary N) is 1. The van der Waals surface area contributed by atoms with Crippen molar-refractivity contribution in [3.63, 3.8) is 0 Å². The molecule has 1 saturated carbocycles. The van der Waals surface area contributed by atoms with E-state index in [1.54, 1.807) is 6.20 Å². The molecule has 0 aromatic carbocycles. The highest BCUT2D eigenvalue weighted by Gasteiger charge is 2.45. The predicted molar refractivity (Wildman–Crippen MR) is 82.1 cm³/mol. The van der Waals surface area contributed by atoms with Gasteiger partial charge in [-0.1, -0.05) is 27.7 Å². The van der Waals surface area contributed by atoms with Gasteiger partial charge in [-0.05, 0) is 17.8 Å². The van der Waals surface area contributed by atoms with E-state index in [0.29, 0.717) is 11.6 Å². The van der Waals surface area contributed by atoms with Gasteiger partial charge in [0.15, 0.2) is 0 Å². The van der Waals surface area contributed by atoms with Crippen LogP contribution in [0.2, 0.25) is 0 Å². The van der Waals surface area contributed by atoms with Gasteiger partial charge in [0.2, 0.25) is 11.8 Å². The third kappa shape index (κ3) is 4.05. The standard InChI is InChI=1S/C16H25F2N3O/c1-10(2)9-21-15(11(3)4)13(8-19-21)20-14(22)5-12-6-16(17,18)7-12/h8,10-12H,5-7,9H2,1-4H3,(H,20,22). The van der Waals surface area contributed by atoms with Crippen LogP contribution in [-0.4, -0.2) is 21.6 Å². The number of aromatic nitrogens is 2. The molecule has 0 bridgehead atoms. The number of carbonyl (C=O) groups is 1. The average molecular weight is 313 g/mol. The van der Waals surface area contributed by atoms with Gasteiger partial charge in [0.05, 0.1) is 17.6 Å². The van der Waals surface area contributed by atoms with Crippen LogP contribution < -0.4 is 5.32 Å². The maximum atomic E-state index is 12.8. The molecule has 22 heavy (non-hydrogen) atoms. The molecule has 1 fully saturated rings. The van der Waals surface area contributed by atoms with Crippen LogP contribution in [0.1, 0.15) is 58.6 Å². The summed E-state index contributed by atoms with van der Waals surface area (Å²) in [5.41, 5.74) is 1.69. The second kappa shape index (κ2) is 6.34. The first kappa shape index (κ1) is 16.9. The first-order valence-electron chi connectivity index (χ1n) is 7.91. The first-order chi connectivity index (χ1) is 10.2. The quantitative estimate of drug-likeness (QED) is 0.861. The Morgan fingerprint density at radius 1 is 1.41 bits per heavy atom. The van der Waals surface area contributed by atoms with Crippen LogP contribution in [0.3, 0.4) is 0 Å². The summed E-state index contributed by atoms with van der Waals surface area (Å²) in [6, 6.07) is 0. The molecule has 1 aliphatic rings. The summed E-state index contributed by atoms with van der Waals surface area (Å²) in [7, 11) is 0. The maximum Gasteiger partial charge on any atom is 0.248 e. The lowest BCUT2D eigenvalue weighted by atomic mass is 9.79. The fourth-order valence-corrected chi connectivity index (χ4v) is 2.98. The number of nitrogens with zero attached hydrogens (tertiary/aromatic N) is 2. The fourth-order valence-electron chi connectivity index (χ4n) is 2.98. The molecule has 0 aliphatic heterocycles. The Bertz CT molecular complexity index is 529. The number of hydrogen-bond donors (Lipinski definition) is 1. The number of halogens is 2. The second-order valence-corrected chi connectivity index (χ2v) is 7.06. The zero-order chi connectivity index (χ0) is 16.5. The van der Waals surface area contributed by atoms with Crippen LogP contribution in [0.25, 0.3) is 0 Å². The smallest absolute Gasteiger partial charge is 0.248 e. The van der Waals surface area contributed by atoms with Gasteiger partial charge in [0.1, 0.15) is 0 Å². The summed E-state index contributed by atoms with van der Waals surface area (Å²) in [6.07, 6.45) is 1.46. The van der Waals surface area contributed by atoms with Crippen LogP contribution in [-0.2, 0) is 11.3 Å². The minimum absolute atomic E-state index is 0.155. The normalized spacial score (nSPS) is 17.8. The van der Waals surface area contributed by atoms with Crippen molar-refractivity contribution in [2.24, 2.45) is 11.8 Å². The number of amides is 1. The topological polar surface area (TPSA) is 46.9 Å². The third-order valence-electron chi connectivity index (χ3n) is 3.89. The van der Waals surface area contributed by atoms with Crippen molar-refractivity contribution < 1.29 is 13.6 Å². The van der Waals surface area contributed by atoms with Crippen LogP contribution in [0.4, 0.5) is 14.5 Å². The van der Waals surface area contributed by atoms with Gasteiger partial charge in [0, 0.05) is 25.8 Å². The highest BCUT2D eigenvalue weighted by Crippen LogP contribution is 2.44. The van der Waals surface area contributed by atoms with E-state index in [1.807, 2.05) is 4.68 Å². The summed E-state index contributed by atoms with van der Waals surface area (Å²) in [4.78, 5) is 12.0. The number of hydrogen-bond acceptors (Lipinski definition) is 2. The number of rotatable bonds is 6. The zero-order valence-corrected chi connectivity index (χ0v) is 13.7. The van der Waals surface area contributed by atoms with E-state index < -0.39 is 5.92 Å². The van der Waals surface area contributed by atoms with Crippen molar-refractivity contribution in [1.82, 2.24) is 9.78 Å². The van der Waals surface area contributed by atoms with E-state index in [-0.39, 0.29) is 37.0 Å². The molecule has 1 heterocycles. The van der Waals surface area contributed by atoms with E-state index in [2.05, 4.69) is 38.1 Å². The largest absolute Gasteiger partial charge is 0.323 e. The van der Waals surface area contributed by atoms with Gasteiger partial charge in [-0.25, -0.2) is 8.78 Å². The molecule has 1 aromatic rings. The average Bonchev–Trinajstić information content (AvgIpc) is 2.68. The van der Waals surface area contributed by atoms with Crippen molar-refractivity contribution >= 4 is 11.6 Å². The molecule has 0 atom stereocenters. The molecule has 6 heteroatoms. The molecule has 1 aromatic heterocycles. The van der Waals surface area contributed by atoms with Crippen LogP contribution in [0.15, 0.2) is 6.20 Å². The lowest BCUT2D eigenvalue weighted by molar-refractivity contribution is -0.129. The predicted octanol–water partition coefficient (Wildman–Crippen LogP) is 4.04. The van der Waals surface area contributed by atoms with Gasteiger partial charge in [-0.2, -0.15) is 5.10 Å². The van der Waals surface area contributed by atoms with Crippen molar-refractivity contribution in [2.45, 2.75) is 65.3 Å². The molecule has 1 N–H and O–H groups in total. The van der Waals surface area contributed by atoms with Crippen LogP contribution in [0, 0.1) is 11.8 Å². The van der Waals surface area contributed by atoms with Crippen molar-refractivity contribution in [2.75, 3.05) is 5.32 Å². The van der Waals surface area contributed by atoms with Gasteiger partial charge < -0.3 is 5.32 Å². The molecule has 0 radical (unpaired) electrons. The molecule has 1 aliphatic carbocycles. The van der Waals surface area contributed by atoms with Crippen molar-refractivity contribution in [3.8, 4) is 0 Å². The summed E-state index contributed by atoms with van der Waals surface area (Å²) in [5.74, 6) is -2.30. The Morgan fingerprint density at radius 2 is 2.05 bits per heavy atom. The highest BCUT2D eigenvalue weighted by atomic mass is 19.3. The van der Waals surface area contributed by atoms with E-state index in [9.17, 15) is 13.6 Å². The summed E-state index contributed by atoms with van der Waals surface area (Å²) < 4.78 is 27.5. The Balaban J connectivity index is 2.00. The van der Waals surface area contributed by atoms with Crippen LogP contribution in [0.5, 0.6) is 0 Å². The van der Waals surface area contributed by atoms with Gasteiger partial charge in [0.25, 0.3) is 0 Å². The van der Waals surface area contributed by atoms with Crippen LogP contribution >= 0.6 is 0 Å². The Labute approximate surface area is 130 Å². The fraction of sp³-hybridized carbons (Fsp3) is 0.750. The minimum atomic E-state index is -2.57. The SMILES string of the molecule is CC(C)Cn1ncc(NC(=O)CC2CC(F)(F)C2)c1C(C)C. The lowest BCUT2D eigenvalue weighted by Gasteiger charge is -2.34. The molecule has 4 nitrogen and oxygen atoms in total. The van der Waals surface area contributed by atoms with Crippen molar-refractivity contribution in [1.29, 1.82) is 0 Å². The Kier molecular flexibility index (Phi) is 4.87. The van der Waals surface area contributed by atoms with E-state index >= 15 is 0 Å². The zero-order valence-electron chi connectivity index (χ0n) is 13.7. The lowest BCUT2D eigenvalue weighted by Crippen LogP contribution is -2.37. The van der Waals surface area contributed by atoms with E-state index in [1.165, 1.54) is 0 Å². The molecule has 0 spiro atoms. The van der Waals surface area contributed by atoms with Gasteiger partial charge >= 0.3 is 0 Å². The minimum Gasteiger partial charge on any atom is -0.323 e. The molecule has 1 amide bonds. The first-order valence-corrected chi connectivity index (χ1v) is 7.91. The Morgan fingerprint density at radius 3 is 2.55 bits per heavy atom. The summed E-state index contributed by atoms with van der Waals surface area (Å²) in [6.45, 7) is 9.12. The summed E-state index contributed by atoms with van der Waals surface area (Å²) in [5, 5.41) is 7.19. The number of anilines is 1. The molecule has 0 unspecified atom stereocenters. The molecular formula is C16H25F2N3O. The number of alkyl halides is 2. The Hall–Kier alpha value is -1.46. The highest BCUT2D eigenvalue weighted by molar-refractivity contribution is 5.91. The molecule has 0 saturated heterocycles. The molecule has 124 valence electrons. The van der Waals surface area contributed by atoms with E-state index in [0.717, 1.165) is 12.2 Å². The maximum absolute atomic E-state index is 12.8. The summed E-state index contributed by atoms with van der Waals surface area (Å²) >= 11 is 0. The number of carbonyl (C=O) groups excluding carboxylic acids is 1. The van der Waals surface area contributed by atoms with Gasteiger partial charge in [-0.15, -0.1) is 0 Å². The molecular weight excluding hydrogens is 288 g/mol. The van der Waals surface area contributed by atoms with E-state index in [4.69, 9.17) is 0 Å². The monoisotopic (exact) mass is 313 g/mol. The molecule has 2 rings (SSSR count). The second-order valence-electron chi connectivity index (χ2n) is 7.06.